The van der Waals surface area contributed by atoms with Gasteiger partial charge in [0.25, 0.3) is 5.56 Å². The number of hydrogen-bond donors (Lipinski definition) is 0. The molecule has 4 aromatic rings. The molecule has 0 N–H and O–H groups in total. The van der Waals surface area contributed by atoms with Gasteiger partial charge in [-0.05, 0) is 32.0 Å². The van der Waals surface area contributed by atoms with Gasteiger partial charge < -0.3 is 4.74 Å². The summed E-state index contributed by atoms with van der Waals surface area (Å²) in [5.74, 6) is 0. The van der Waals surface area contributed by atoms with E-state index in [4.69, 9.17) is 9.72 Å². The van der Waals surface area contributed by atoms with Crippen molar-refractivity contribution in [2.45, 2.75) is 19.9 Å². The summed E-state index contributed by atoms with van der Waals surface area (Å²) >= 11 is 0. The van der Waals surface area contributed by atoms with Gasteiger partial charge in [-0.2, -0.15) is 0 Å². The van der Waals surface area contributed by atoms with Crippen LogP contribution >= 0.6 is 0 Å². The Hall–Kier alpha value is -3.38. The predicted molar refractivity (Wildman–Crippen MR) is 114 cm³/mol. The Morgan fingerprint density at radius 1 is 1.14 bits per heavy atom. The minimum atomic E-state index is -0.123. The number of pyridine rings is 2. The molecule has 146 valence electrons. The number of rotatable bonds is 5. The highest BCUT2D eigenvalue weighted by molar-refractivity contribution is 5.93. The molecule has 1 aromatic carbocycles. The molecule has 0 amide bonds. The third kappa shape index (κ3) is 3.67. The number of benzene rings is 1. The van der Waals surface area contributed by atoms with Gasteiger partial charge in [-0.1, -0.05) is 29.8 Å². The SMILES string of the molecule is COC[C@H](C)n1cnc2c(-c3cccnc3)nc(-c3ccc(C)cc3)cc2c1=O. The van der Waals surface area contributed by atoms with E-state index in [0.29, 0.717) is 23.2 Å². The molecule has 4 rings (SSSR count). The summed E-state index contributed by atoms with van der Waals surface area (Å²) in [6, 6.07) is 13.6. The lowest BCUT2D eigenvalue weighted by Gasteiger charge is -2.15. The van der Waals surface area contributed by atoms with Gasteiger partial charge in [0, 0.05) is 30.6 Å². The zero-order valence-electron chi connectivity index (χ0n) is 16.7. The summed E-state index contributed by atoms with van der Waals surface area (Å²) in [5, 5.41) is 0.528. The van der Waals surface area contributed by atoms with Crippen LogP contribution in [0.2, 0.25) is 0 Å². The minimum Gasteiger partial charge on any atom is -0.383 e. The summed E-state index contributed by atoms with van der Waals surface area (Å²) in [6.07, 6.45) is 5.02. The third-order valence-electron chi connectivity index (χ3n) is 4.93. The molecule has 0 radical (unpaired) electrons. The highest BCUT2D eigenvalue weighted by Crippen LogP contribution is 2.28. The zero-order valence-corrected chi connectivity index (χ0v) is 16.7. The van der Waals surface area contributed by atoms with Crippen molar-refractivity contribution in [3.63, 3.8) is 0 Å². The van der Waals surface area contributed by atoms with Crippen LogP contribution in [-0.4, -0.2) is 33.2 Å². The Kier molecular flexibility index (Phi) is 5.18. The first-order valence-corrected chi connectivity index (χ1v) is 9.46. The Labute approximate surface area is 168 Å². The van der Waals surface area contributed by atoms with Gasteiger partial charge in [-0.25, -0.2) is 9.97 Å². The molecule has 0 saturated heterocycles. The maximum atomic E-state index is 13.3. The van der Waals surface area contributed by atoms with Crippen LogP contribution in [0, 0.1) is 6.92 Å². The van der Waals surface area contributed by atoms with Crippen LogP contribution in [0.15, 0.2) is 66.0 Å². The summed E-state index contributed by atoms with van der Waals surface area (Å²) < 4.78 is 6.82. The average Bonchev–Trinajstić information content (AvgIpc) is 2.75. The van der Waals surface area contributed by atoms with Crippen molar-refractivity contribution >= 4 is 10.9 Å². The average molecular weight is 386 g/mol. The lowest BCUT2D eigenvalue weighted by atomic mass is 10.0. The van der Waals surface area contributed by atoms with E-state index in [2.05, 4.69) is 9.97 Å². The Morgan fingerprint density at radius 3 is 2.62 bits per heavy atom. The summed E-state index contributed by atoms with van der Waals surface area (Å²) in [7, 11) is 1.62. The van der Waals surface area contributed by atoms with E-state index in [1.165, 1.54) is 5.56 Å². The second kappa shape index (κ2) is 7.93. The van der Waals surface area contributed by atoms with Crippen molar-refractivity contribution in [3.05, 3.63) is 77.1 Å². The van der Waals surface area contributed by atoms with Crippen LogP contribution in [0.5, 0.6) is 0 Å². The van der Waals surface area contributed by atoms with Crippen LogP contribution in [0.25, 0.3) is 33.4 Å². The molecule has 0 spiro atoms. The number of nitrogens with zero attached hydrogens (tertiary/aromatic N) is 4. The van der Waals surface area contributed by atoms with Crippen molar-refractivity contribution in [3.8, 4) is 22.5 Å². The fourth-order valence-corrected chi connectivity index (χ4v) is 3.36. The number of fused-ring (bicyclic) bond motifs is 1. The van der Waals surface area contributed by atoms with Gasteiger partial charge in [0.2, 0.25) is 0 Å². The first-order valence-electron chi connectivity index (χ1n) is 9.46. The van der Waals surface area contributed by atoms with Crippen molar-refractivity contribution in [1.29, 1.82) is 0 Å². The lowest BCUT2D eigenvalue weighted by Crippen LogP contribution is -2.26. The number of hydrogen-bond acceptors (Lipinski definition) is 5. The molecule has 6 heteroatoms. The molecule has 0 aliphatic rings. The van der Waals surface area contributed by atoms with Gasteiger partial charge >= 0.3 is 0 Å². The second-order valence-electron chi connectivity index (χ2n) is 7.12. The molecule has 3 aromatic heterocycles. The van der Waals surface area contributed by atoms with E-state index in [1.807, 2.05) is 56.3 Å². The van der Waals surface area contributed by atoms with E-state index in [0.717, 1.165) is 16.8 Å². The van der Waals surface area contributed by atoms with E-state index < -0.39 is 0 Å². The van der Waals surface area contributed by atoms with Crippen molar-refractivity contribution in [2.24, 2.45) is 0 Å². The van der Waals surface area contributed by atoms with Crippen LogP contribution in [0.4, 0.5) is 0 Å². The Balaban J connectivity index is 2.01. The summed E-state index contributed by atoms with van der Waals surface area (Å²) in [5.41, 5.74) is 4.77. The lowest BCUT2D eigenvalue weighted by molar-refractivity contribution is 0.160. The molecule has 0 saturated carbocycles. The number of aryl methyl sites for hydroxylation is 1. The molecule has 0 unspecified atom stereocenters. The van der Waals surface area contributed by atoms with Gasteiger partial charge in [0.05, 0.1) is 35.8 Å². The largest absolute Gasteiger partial charge is 0.383 e. The molecule has 3 heterocycles. The molecule has 0 aliphatic carbocycles. The van der Waals surface area contributed by atoms with Crippen LogP contribution < -0.4 is 5.56 Å². The minimum absolute atomic E-state index is 0.111. The standard InChI is InChI=1S/C23H22N4O2/c1-15-6-8-17(9-7-15)20-11-19-22(21(26-20)18-5-4-10-24-12-18)25-14-27(23(19)28)16(2)13-29-3/h4-12,14,16H,13H2,1-3H3/t16-/m0/s1. The highest BCUT2D eigenvalue weighted by Gasteiger charge is 2.16. The normalized spacial score (nSPS) is 12.2. The van der Waals surface area contributed by atoms with Crippen LogP contribution in [0.1, 0.15) is 18.5 Å². The smallest absolute Gasteiger partial charge is 0.261 e. The van der Waals surface area contributed by atoms with Crippen LogP contribution in [0.3, 0.4) is 0 Å². The molecule has 29 heavy (non-hydrogen) atoms. The fraction of sp³-hybridized carbons (Fsp3) is 0.217. The van der Waals surface area contributed by atoms with Crippen molar-refractivity contribution < 1.29 is 4.74 Å². The number of methoxy groups -OCH3 is 1. The van der Waals surface area contributed by atoms with Gasteiger partial charge in [0.1, 0.15) is 5.52 Å². The van der Waals surface area contributed by atoms with Crippen molar-refractivity contribution in [2.75, 3.05) is 13.7 Å². The number of aromatic nitrogens is 4. The zero-order chi connectivity index (χ0) is 20.4. The highest BCUT2D eigenvalue weighted by atomic mass is 16.5. The van der Waals surface area contributed by atoms with Gasteiger partial charge in [-0.3, -0.25) is 14.3 Å². The maximum absolute atomic E-state index is 13.3. The molecular formula is C23H22N4O2. The van der Waals surface area contributed by atoms with E-state index in [1.54, 1.807) is 30.4 Å². The van der Waals surface area contributed by atoms with Gasteiger partial charge in [-0.15, -0.1) is 0 Å². The van der Waals surface area contributed by atoms with E-state index in [9.17, 15) is 4.79 Å². The Bertz CT molecular complexity index is 1200. The van der Waals surface area contributed by atoms with Crippen molar-refractivity contribution in [1.82, 2.24) is 19.5 Å². The fourth-order valence-electron chi connectivity index (χ4n) is 3.36. The van der Waals surface area contributed by atoms with Crippen LogP contribution in [-0.2, 0) is 4.74 Å². The summed E-state index contributed by atoms with van der Waals surface area (Å²) in [6.45, 7) is 4.40. The molecule has 6 nitrogen and oxygen atoms in total. The number of ether oxygens (including phenoxy) is 1. The molecule has 0 bridgehead atoms. The monoisotopic (exact) mass is 386 g/mol. The maximum Gasteiger partial charge on any atom is 0.261 e. The van der Waals surface area contributed by atoms with E-state index >= 15 is 0 Å². The molecular weight excluding hydrogens is 364 g/mol. The third-order valence-corrected chi connectivity index (χ3v) is 4.93. The first kappa shape index (κ1) is 19.0. The topological polar surface area (TPSA) is 69.9 Å². The first-order chi connectivity index (χ1) is 14.1. The summed E-state index contributed by atoms with van der Waals surface area (Å²) in [4.78, 5) is 26.9. The van der Waals surface area contributed by atoms with E-state index in [-0.39, 0.29) is 11.6 Å². The molecule has 0 fully saturated rings. The quantitative estimate of drug-likeness (QED) is 0.518. The molecule has 0 aliphatic heterocycles. The predicted octanol–water partition coefficient (Wildman–Crippen LogP) is 4.04. The van der Waals surface area contributed by atoms with Gasteiger partial charge in [0.15, 0.2) is 0 Å². The Morgan fingerprint density at radius 2 is 1.93 bits per heavy atom. The molecule has 1 atom stereocenters. The second-order valence-corrected chi connectivity index (χ2v) is 7.12.